The van der Waals surface area contributed by atoms with Crippen LogP contribution in [0.4, 0.5) is 4.39 Å². The molecule has 1 atom stereocenters. The topological polar surface area (TPSA) is 30.5 Å². The van der Waals surface area contributed by atoms with Crippen LogP contribution in [0, 0.1) is 5.82 Å². The quantitative estimate of drug-likeness (QED) is 0.510. The van der Waals surface area contributed by atoms with Crippen molar-refractivity contribution in [2.24, 2.45) is 0 Å². The Hall–Kier alpha value is -2.56. The molecular formula is C23H23ClFNO2. The Balaban J connectivity index is 1.74. The molecule has 0 saturated heterocycles. The minimum Gasteiger partial charge on any atom is -0.493 e. The van der Waals surface area contributed by atoms with Crippen molar-refractivity contribution < 1.29 is 13.9 Å². The molecule has 0 amide bonds. The molecule has 0 spiro atoms. The van der Waals surface area contributed by atoms with E-state index in [-0.39, 0.29) is 18.5 Å². The lowest BCUT2D eigenvalue weighted by Gasteiger charge is -2.18. The Morgan fingerprint density at radius 3 is 2.50 bits per heavy atom. The average Bonchev–Trinajstić information content (AvgIpc) is 2.72. The zero-order valence-corrected chi connectivity index (χ0v) is 16.7. The maximum Gasteiger partial charge on any atom is 0.166 e. The molecular weight excluding hydrogens is 377 g/mol. The Bertz CT molecular complexity index is 918. The fourth-order valence-electron chi connectivity index (χ4n) is 2.94. The van der Waals surface area contributed by atoms with Crippen LogP contribution in [0.1, 0.15) is 29.7 Å². The summed E-state index contributed by atoms with van der Waals surface area (Å²) in [6.07, 6.45) is 0. The van der Waals surface area contributed by atoms with Gasteiger partial charge in [-0.3, -0.25) is 0 Å². The van der Waals surface area contributed by atoms with Gasteiger partial charge in [0, 0.05) is 23.7 Å². The van der Waals surface area contributed by atoms with Gasteiger partial charge in [0.15, 0.2) is 11.5 Å². The molecule has 3 nitrogen and oxygen atoms in total. The van der Waals surface area contributed by atoms with E-state index in [1.54, 1.807) is 13.2 Å². The minimum absolute atomic E-state index is 0.187. The molecule has 0 aliphatic heterocycles. The van der Waals surface area contributed by atoms with E-state index in [0.29, 0.717) is 28.6 Å². The fourth-order valence-corrected chi connectivity index (χ4v) is 3.16. The molecule has 3 aromatic carbocycles. The Labute approximate surface area is 170 Å². The van der Waals surface area contributed by atoms with E-state index in [1.807, 2.05) is 36.4 Å². The van der Waals surface area contributed by atoms with Crippen LogP contribution in [0.5, 0.6) is 11.5 Å². The van der Waals surface area contributed by atoms with Gasteiger partial charge in [0.2, 0.25) is 0 Å². The summed E-state index contributed by atoms with van der Waals surface area (Å²) in [5, 5.41) is 3.85. The van der Waals surface area contributed by atoms with Crippen LogP contribution < -0.4 is 14.8 Å². The van der Waals surface area contributed by atoms with E-state index in [4.69, 9.17) is 21.1 Å². The summed E-state index contributed by atoms with van der Waals surface area (Å²) >= 11 is 6.12. The van der Waals surface area contributed by atoms with Gasteiger partial charge in [0.25, 0.3) is 0 Å². The van der Waals surface area contributed by atoms with Crippen LogP contribution in [-0.4, -0.2) is 7.11 Å². The van der Waals surface area contributed by atoms with Crippen molar-refractivity contribution in [3.8, 4) is 11.5 Å². The lowest BCUT2D eigenvalue weighted by Crippen LogP contribution is -2.18. The number of nitrogens with one attached hydrogen (secondary N) is 1. The predicted octanol–water partition coefficient (Wildman–Crippen LogP) is 5.92. The van der Waals surface area contributed by atoms with Gasteiger partial charge in [-0.15, -0.1) is 0 Å². The minimum atomic E-state index is -0.370. The highest BCUT2D eigenvalue weighted by molar-refractivity contribution is 6.31. The van der Waals surface area contributed by atoms with E-state index >= 15 is 0 Å². The second-order valence-corrected chi connectivity index (χ2v) is 6.89. The first kappa shape index (κ1) is 20.2. The van der Waals surface area contributed by atoms with Crippen LogP contribution in [0.3, 0.4) is 0 Å². The molecule has 1 unspecified atom stereocenters. The average molecular weight is 400 g/mol. The van der Waals surface area contributed by atoms with Gasteiger partial charge in [-0.2, -0.15) is 0 Å². The van der Waals surface area contributed by atoms with Gasteiger partial charge in [0.05, 0.1) is 12.1 Å². The number of hydrogen-bond acceptors (Lipinski definition) is 3. The van der Waals surface area contributed by atoms with Crippen molar-refractivity contribution in [2.75, 3.05) is 7.11 Å². The van der Waals surface area contributed by atoms with E-state index < -0.39 is 0 Å². The molecule has 0 aliphatic rings. The molecule has 0 fully saturated rings. The molecule has 0 radical (unpaired) electrons. The molecule has 0 bridgehead atoms. The summed E-state index contributed by atoms with van der Waals surface area (Å²) in [6.45, 7) is 2.95. The van der Waals surface area contributed by atoms with Crippen molar-refractivity contribution >= 4 is 11.6 Å². The Kier molecular flexibility index (Phi) is 6.90. The van der Waals surface area contributed by atoms with Crippen LogP contribution in [0.15, 0.2) is 66.7 Å². The maximum atomic E-state index is 13.3. The number of hydrogen-bond donors (Lipinski definition) is 1. The predicted molar refractivity (Wildman–Crippen MR) is 110 cm³/mol. The van der Waals surface area contributed by atoms with Gasteiger partial charge in [-0.25, -0.2) is 4.39 Å². The SMILES string of the molecule is COc1cccc(CNC(C)c2ccccc2)c1OCc1ccc(F)cc1Cl. The molecule has 0 aromatic heterocycles. The molecule has 146 valence electrons. The largest absolute Gasteiger partial charge is 0.493 e. The van der Waals surface area contributed by atoms with Gasteiger partial charge >= 0.3 is 0 Å². The summed E-state index contributed by atoms with van der Waals surface area (Å²) in [6, 6.07) is 20.5. The highest BCUT2D eigenvalue weighted by atomic mass is 35.5. The molecule has 3 rings (SSSR count). The van der Waals surface area contributed by atoms with E-state index in [1.165, 1.54) is 17.7 Å². The molecule has 3 aromatic rings. The monoisotopic (exact) mass is 399 g/mol. The van der Waals surface area contributed by atoms with E-state index in [0.717, 1.165) is 5.56 Å². The van der Waals surface area contributed by atoms with Crippen molar-refractivity contribution in [3.05, 3.63) is 94.3 Å². The number of halogens is 2. The fraction of sp³-hybridized carbons (Fsp3) is 0.217. The second-order valence-electron chi connectivity index (χ2n) is 6.49. The Morgan fingerprint density at radius 1 is 1.00 bits per heavy atom. The number of methoxy groups -OCH3 is 1. The van der Waals surface area contributed by atoms with Crippen molar-refractivity contribution in [2.45, 2.75) is 26.1 Å². The van der Waals surface area contributed by atoms with Crippen molar-refractivity contribution in [3.63, 3.8) is 0 Å². The zero-order valence-electron chi connectivity index (χ0n) is 15.9. The summed E-state index contributed by atoms with van der Waals surface area (Å²) in [7, 11) is 1.61. The smallest absolute Gasteiger partial charge is 0.166 e. The number of rotatable bonds is 8. The summed E-state index contributed by atoms with van der Waals surface area (Å²) in [4.78, 5) is 0. The molecule has 1 N–H and O–H groups in total. The summed E-state index contributed by atoms with van der Waals surface area (Å²) < 4.78 is 24.8. The summed E-state index contributed by atoms with van der Waals surface area (Å²) in [5.74, 6) is 0.925. The third-order valence-electron chi connectivity index (χ3n) is 4.57. The van der Waals surface area contributed by atoms with Crippen molar-refractivity contribution in [1.29, 1.82) is 0 Å². The molecule has 0 heterocycles. The van der Waals surface area contributed by atoms with Crippen LogP contribution >= 0.6 is 11.6 Å². The first-order valence-electron chi connectivity index (χ1n) is 9.09. The normalized spacial score (nSPS) is 11.9. The van der Waals surface area contributed by atoms with Crippen LogP contribution in [-0.2, 0) is 13.2 Å². The zero-order chi connectivity index (χ0) is 19.9. The molecule has 28 heavy (non-hydrogen) atoms. The first-order chi connectivity index (χ1) is 13.6. The lowest BCUT2D eigenvalue weighted by molar-refractivity contribution is 0.280. The summed E-state index contributed by atoms with van der Waals surface area (Å²) in [5.41, 5.74) is 2.90. The number of para-hydroxylation sites is 1. The van der Waals surface area contributed by atoms with E-state index in [9.17, 15) is 4.39 Å². The van der Waals surface area contributed by atoms with Crippen molar-refractivity contribution in [1.82, 2.24) is 5.32 Å². The second kappa shape index (κ2) is 9.58. The van der Waals surface area contributed by atoms with Gasteiger partial charge in [-0.1, -0.05) is 60.1 Å². The van der Waals surface area contributed by atoms with Gasteiger partial charge in [0.1, 0.15) is 12.4 Å². The first-order valence-corrected chi connectivity index (χ1v) is 9.47. The van der Waals surface area contributed by atoms with Gasteiger partial charge in [-0.05, 0) is 30.7 Å². The third-order valence-corrected chi connectivity index (χ3v) is 4.92. The van der Waals surface area contributed by atoms with Gasteiger partial charge < -0.3 is 14.8 Å². The van der Waals surface area contributed by atoms with Crippen LogP contribution in [0.2, 0.25) is 5.02 Å². The molecule has 0 aliphatic carbocycles. The van der Waals surface area contributed by atoms with Crippen LogP contribution in [0.25, 0.3) is 0 Å². The number of benzene rings is 3. The highest BCUT2D eigenvalue weighted by Gasteiger charge is 2.13. The maximum absolute atomic E-state index is 13.3. The highest BCUT2D eigenvalue weighted by Crippen LogP contribution is 2.33. The molecule has 0 saturated carbocycles. The van der Waals surface area contributed by atoms with E-state index in [2.05, 4.69) is 24.4 Å². The number of ether oxygens (including phenoxy) is 2. The Morgan fingerprint density at radius 2 is 1.79 bits per heavy atom. The standard InChI is InChI=1S/C23H23ClFNO2/c1-16(17-7-4-3-5-8-17)26-14-18-9-6-10-22(27-2)23(18)28-15-19-11-12-20(25)13-21(19)24/h3-13,16,26H,14-15H2,1-2H3. The lowest BCUT2D eigenvalue weighted by atomic mass is 10.1. The third kappa shape index (κ3) is 5.03. The molecule has 5 heteroatoms.